The fourth-order valence-electron chi connectivity index (χ4n) is 6.17. The highest BCUT2D eigenvalue weighted by molar-refractivity contribution is 5.86. The molecular formula is C27H33FN2O2. The Balaban J connectivity index is 1.18. The third-order valence-corrected chi connectivity index (χ3v) is 8.00. The summed E-state index contributed by atoms with van der Waals surface area (Å²) >= 11 is 0. The Bertz CT molecular complexity index is 934. The molecule has 2 aliphatic carbocycles. The van der Waals surface area contributed by atoms with E-state index in [4.69, 9.17) is 0 Å². The number of benzene rings is 2. The molecule has 1 aliphatic heterocycles. The second-order valence-corrected chi connectivity index (χ2v) is 9.99. The van der Waals surface area contributed by atoms with Crippen LogP contribution in [0, 0.1) is 29.5 Å². The van der Waals surface area contributed by atoms with E-state index in [1.54, 1.807) is 12.1 Å². The Hall–Kier alpha value is -2.24. The van der Waals surface area contributed by atoms with Crippen molar-refractivity contribution >= 4 is 5.91 Å². The monoisotopic (exact) mass is 436 g/mol. The summed E-state index contributed by atoms with van der Waals surface area (Å²) in [7, 11) is 0. The van der Waals surface area contributed by atoms with Crippen molar-refractivity contribution in [3.8, 4) is 0 Å². The zero-order valence-electron chi connectivity index (χ0n) is 18.6. The summed E-state index contributed by atoms with van der Waals surface area (Å²) in [5, 5.41) is 14.8. The third-order valence-electron chi connectivity index (χ3n) is 8.00. The van der Waals surface area contributed by atoms with E-state index in [0.717, 1.165) is 50.9 Å². The van der Waals surface area contributed by atoms with E-state index in [9.17, 15) is 14.3 Å². The predicted molar refractivity (Wildman–Crippen MR) is 122 cm³/mol. The molecule has 3 aliphatic rings. The van der Waals surface area contributed by atoms with Gasteiger partial charge in [0.15, 0.2) is 5.60 Å². The summed E-state index contributed by atoms with van der Waals surface area (Å²) < 4.78 is 13.4. The first kappa shape index (κ1) is 21.6. The molecular weight excluding hydrogens is 403 g/mol. The molecule has 0 bridgehead atoms. The van der Waals surface area contributed by atoms with Crippen molar-refractivity contribution in [2.24, 2.45) is 23.7 Å². The standard InChI is InChI=1S/C27H33FN2O2/c28-22-13-7-8-19(14-22)16-30-17-24-23(25(24)18-30)15-29-26(31)27(32,20-9-3-1-4-10-20)21-11-5-2-6-12-21/h1,3-4,7-10,13-14,21,23-25,32H,2,5-6,11-12,15-18H2,(H,29,31)/t23-,24-,25?,27-/m1/s1. The molecule has 1 amide bonds. The molecule has 2 aromatic rings. The normalized spacial score (nSPS) is 27.5. The van der Waals surface area contributed by atoms with Crippen LogP contribution in [-0.4, -0.2) is 35.5 Å². The van der Waals surface area contributed by atoms with Gasteiger partial charge in [0.25, 0.3) is 5.91 Å². The average Bonchev–Trinajstić information content (AvgIpc) is 3.28. The molecule has 1 unspecified atom stereocenters. The van der Waals surface area contributed by atoms with Gasteiger partial charge < -0.3 is 10.4 Å². The fourth-order valence-corrected chi connectivity index (χ4v) is 6.17. The molecule has 2 N–H and O–H groups in total. The minimum atomic E-state index is -1.45. The first-order valence-corrected chi connectivity index (χ1v) is 12.1. The Morgan fingerprint density at radius 3 is 2.44 bits per heavy atom. The molecule has 0 radical (unpaired) electrons. The van der Waals surface area contributed by atoms with E-state index in [1.165, 1.54) is 12.5 Å². The van der Waals surface area contributed by atoms with Crippen LogP contribution in [0.4, 0.5) is 4.39 Å². The van der Waals surface area contributed by atoms with Gasteiger partial charge in [-0.15, -0.1) is 0 Å². The lowest BCUT2D eigenvalue weighted by molar-refractivity contribution is -0.149. The molecule has 0 aromatic heterocycles. The summed E-state index contributed by atoms with van der Waals surface area (Å²) in [5.41, 5.74) is 0.271. The number of nitrogens with zero attached hydrogens (tertiary/aromatic N) is 1. The quantitative estimate of drug-likeness (QED) is 0.688. The summed E-state index contributed by atoms with van der Waals surface area (Å²) in [5.74, 6) is 1.20. The predicted octanol–water partition coefficient (Wildman–Crippen LogP) is 4.09. The Morgan fingerprint density at radius 2 is 1.75 bits per heavy atom. The zero-order valence-corrected chi connectivity index (χ0v) is 18.6. The minimum absolute atomic E-state index is 0.0286. The highest BCUT2D eigenvalue weighted by Gasteiger charge is 2.55. The maximum atomic E-state index is 13.4. The van der Waals surface area contributed by atoms with Crippen LogP contribution in [0.25, 0.3) is 0 Å². The van der Waals surface area contributed by atoms with Gasteiger partial charge in [-0.25, -0.2) is 4.39 Å². The number of piperidine rings is 1. The lowest BCUT2D eigenvalue weighted by Gasteiger charge is -2.37. The van der Waals surface area contributed by atoms with Gasteiger partial charge in [0.2, 0.25) is 0 Å². The number of carbonyl (C=O) groups is 1. The zero-order chi connectivity index (χ0) is 22.1. The van der Waals surface area contributed by atoms with Crippen LogP contribution in [0.1, 0.15) is 43.2 Å². The highest BCUT2D eigenvalue weighted by Crippen LogP contribution is 2.51. The number of amides is 1. The number of aliphatic hydroxyl groups is 1. The van der Waals surface area contributed by atoms with Crippen LogP contribution in [0.3, 0.4) is 0 Å². The van der Waals surface area contributed by atoms with Crippen molar-refractivity contribution in [1.82, 2.24) is 10.2 Å². The first-order valence-electron chi connectivity index (χ1n) is 12.1. The molecule has 0 spiro atoms. The number of fused-ring (bicyclic) bond motifs is 1. The maximum Gasteiger partial charge on any atom is 0.256 e. The molecule has 5 heteroatoms. The van der Waals surface area contributed by atoms with Crippen LogP contribution in [0.2, 0.25) is 0 Å². The van der Waals surface area contributed by atoms with E-state index >= 15 is 0 Å². The smallest absolute Gasteiger partial charge is 0.256 e. The van der Waals surface area contributed by atoms with Crippen molar-refractivity contribution in [3.05, 3.63) is 71.5 Å². The van der Waals surface area contributed by atoms with Gasteiger partial charge in [-0.1, -0.05) is 61.7 Å². The Kier molecular flexibility index (Phi) is 6.04. The van der Waals surface area contributed by atoms with E-state index in [2.05, 4.69) is 10.2 Å². The van der Waals surface area contributed by atoms with Crippen molar-refractivity contribution in [3.63, 3.8) is 0 Å². The van der Waals surface area contributed by atoms with Crippen molar-refractivity contribution in [1.29, 1.82) is 0 Å². The van der Waals surface area contributed by atoms with Crippen molar-refractivity contribution < 1.29 is 14.3 Å². The number of rotatable bonds is 7. The third kappa shape index (κ3) is 4.20. The minimum Gasteiger partial charge on any atom is -0.375 e. The summed E-state index contributed by atoms with van der Waals surface area (Å²) in [4.78, 5) is 15.7. The number of likely N-dealkylation sites (tertiary alicyclic amines) is 1. The van der Waals surface area contributed by atoms with E-state index in [-0.39, 0.29) is 17.6 Å². The SMILES string of the molecule is O=C(NC[C@H]1C2CN(Cc3cccc(F)c3)C[C@@H]21)[C@@](O)(c1ccccc1)C1CCCCC1. The van der Waals surface area contributed by atoms with Crippen LogP contribution in [-0.2, 0) is 16.9 Å². The van der Waals surface area contributed by atoms with E-state index < -0.39 is 5.60 Å². The number of hydrogen-bond acceptors (Lipinski definition) is 3. The second kappa shape index (κ2) is 8.95. The molecule has 5 rings (SSSR count). The summed E-state index contributed by atoms with van der Waals surface area (Å²) in [6.07, 6.45) is 5.10. The summed E-state index contributed by atoms with van der Waals surface area (Å²) in [6.45, 7) is 3.39. The van der Waals surface area contributed by atoms with E-state index in [0.29, 0.717) is 29.9 Å². The van der Waals surface area contributed by atoms with Crippen molar-refractivity contribution in [2.45, 2.75) is 44.2 Å². The summed E-state index contributed by atoms with van der Waals surface area (Å²) in [6, 6.07) is 16.3. The molecule has 32 heavy (non-hydrogen) atoms. The van der Waals surface area contributed by atoms with Crippen LogP contribution < -0.4 is 5.32 Å². The Labute approximate surface area is 189 Å². The van der Waals surface area contributed by atoms with Gasteiger partial charge in [-0.2, -0.15) is 0 Å². The van der Waals surface area contributed by atoms with Gasteiger partial charge in [0, 0.05) is 32.1 Å². The molecule has 3 fully saturated rings. The molecule has 2 saturated carbocycles. The molecule has 1 heterocycles. The van der Waals surface area contributed by atoms with Gasteiger partial charge >= 0.3 is 0 Å². The lowest BCUT2D eigenvalue weighted by Crippen LogP contribution is -2.50. The van der Waals surface area contributed by atoms with E-state index in [1.807, 2.05) is 36.4 Å². The fraction of sp³-hybridized carbons (Fsp3) is 0.519. The second-order valence-electron chi connectivity index (χ2n) is 9.99. The first-order chi connectivity index (χ1) is 15.6. The largest absolute Gasteiger partial charge is 0.375 e. The topological polar surface area (TPSA) is 52.6 Å². The van der Waals surface area contributed by atoms with Gasteiger partial charge in [-0.05, 0) is 53.9 Å². The number of nitrogens with one attached hydrogen (secondary N) is 1. The van der Waals surface area contributed by atoms with Crippen LogP contribution >= 0.6 is 0 Å². The van der Waals surface area contributed by atoms with Gasteiger partial charge in [0.1, 0.15) is 5.82 Å². The molecule has 170 valence electrons. The van der Waals surface area contributed by atoms with Gasteiger partial charge in [-0.3, -0.25) is 9.69 Å². The van der Waals surface area contributed by atoms with Gasteiger partial charge in [0.05, 0.1) is 0 Å². The van der Waals surface area contributed by atoms with Crippen LogP contribution in [0.5, 0.6) is 0 Å². The van der Waals surface area contributed by atoms with Crippen LogP contribution in [0.15, 0.2) is 54.6 Å². The lowest BCUT2D eigenvalue weighted by atomic mass is 9.73. The Morgan fingerprint density at radius 1 is 1.03 bits per heavy atom. The molecule has 4 nitrogen and oxygen atoms in total. The molecule has 1 saturated heterocycles. The molecule has 4 atom stereocenters. The average molecular weight is 437 g/mol. The number of hydrogen-bond donors (Lipinski definition) is 2. The number of carbonyl (C=O) groups excluding carboxylic acids is 1. The van der Waals surface area contributed by atoms with Crippen molar-refractivity contribution in [2.75, 3.05) is 19.6 Å². The molecule has 2 aromatic carbocycles. The highest BCUT2D eigenvalue weighted by atomic mass is 19.1. The number of halogens is 1. The maximum absolute atomic E-state index is 13.4.